The number of halogens is 1. The summed E-state index contributed by atoms with van der Waals surface area (Å²) in [6, 6.07) is 3.80. The maximum Gasteiger partial charge on any atom is 0.106 e. The highest BCUT2D eigenvalue weighted by Crippen LogP contribution is 2.15. The first-order chi connectivity index (χ1) is 5.25. The molecule has 0 aliphatic rings. The molecule has 0 aliphatic heterocycles. The second-order valence-corrected chi connectivity index (χ2v) is 3.02. The lowest BCUT2D eigenvalue weighted by molar-refractivity contribution is 0.199. The molecule has 1 aromatic heterocycles. The van der Waals surface area contributed by atoms with E-state index in [9.17, 15) is 5.11 Å². The Balaban J connectivity index is 2.93. The minimum atomic E-state index is -0.490. The summed E-state index contributed by atoms with van der Waals surface area (Å²) in [6.45, 7) is 1.94. The fourth-order valence-electron chi connectivity index (χ4n) is 0.920. The summed E-state index contributed by atoms with van der Waals surface area (Å²) in [7, 11) is 0. The third-order valence-electron chi connectivity index (χ3n) is 1.51. The first kappa shape index (κ1) is 8.68. The molecular weight excluding hydrogens is 206 g/mol. The van der Waals surface area contributed by atoms with Crippen molar-refractivity contribution in [1.29, 1.82) is 0 Å². The number of pyridine rings is 1. The number of hydrogen-bond acceptors (Lipinski definition) is 2. The summed E-state index contributed by atoms with van der Waals surface area (Å²) in [5.74, 6) is 0. The first-order valence-electron chi connectivity index (χ1n) is 3.41. The van der Waals surface area contributed by atoms with Crippen molar-refractivity contribution in [3.05, 3.63) is 29.6 Å². The number of nitrogens with zero attached hydrogens (tertiary/aromatic N) is 1. The van der Waals surface area contributed by atoms with Gasteiger partial charge in [0, 0.05) is 11.5 Å². The molecule has 0 fully saturated rings. The monoisotopic (exact) mass is 215 g/mol. The fraction of sp³-hybridized carbons (Fsp3) is 0.375. The van der Waals surface area contributed by atoms with Crippen molar-refractivity contribution in [3.63, 3.8) is 0 Å². The molecule has 1 rings (SSSR count). The van der Waals surface area contributed by atoms with E-state index in [4.69, 9.17) is 0 Å². The Morgan fingerprint density at radius 1 is 1.73 bits per heavy atom. The summed E-state index contributed by atoms with van der Waals surface area (Å²) in [6.07, 6.45) is 1.20. The van der Waals surface area contributed by atoms with Crippen LogP contribution < -0.4 is 0 Å². The van der Waals surface area contributed by atoms with E-state index in [1.54, 1.807) is 6.20 Å². The normalized spacial score (nSPS) is 13.0. The van der Waals surface area contributed by atoms with Gasteiger partial charge in [-0.1, -0.05) is 22.0 Å². The van der Waals surface area contributed by atoms with Gasteiger partial charge in [-0.2, -0.15) is 0 Å². The van der Waals surface area contributed by atoms with Gasteiger partial charge in [-0.05, 0) is 18.6 Å². The summed E-state index contributed by atoms with van der Waals surface area (Å²) < 4.78 is 0. The van der Waals surface area contributed by atoms with Crippen LogP contribution in [0.1, 0.15) is 17.4 Å². The molecular formula is C8H10BrNO. The van der Waals surface area contributed by atoms with Gasteiger partial charge in [0.2, 0.25) is 0 Å². The lowest BCUT2D eigenvalue weighted by Crippen LogP contribution is -2.03. The number of aromatic nitrogens is 1. The van der Waals surface area contributed by atoms with Gasteiger partial charge in [0.1, 0.15) is 6.10 Å². The van der Waals surface area contributed by atoms with Crippen molar-refractivity contribution < 1.29 is 5.11 Å². The number of rotatable bonds is 2. The van der Waals surface area contributed by atoms with Gasteiger partial charge < -0.3 is 5.11 Å². The van der Waals surface area contributed by atoms with Gasteiger partial charge in [-0.3, -0.25) is 4.98 Å². The average Bonchev–Trinajstić information content (AvgIpc) is 2.04. The highest BCUT2D eigenvalue weighted by molar-refractivity contribution is 9.09. The second kappa shape index (κ2) is 3.83. The molecule has 0 radical (unpaired) electrons. The Morgan fingerprint density at radius 2 is 2.45 bits per heavy atom. The average molecular weight is 216 g/mol. The molecule has 3 heteroatoms. The molecule has 1 atom stereocenters. The van der Waals surface area contributed by atoms with E-state index in [1.165, 1.54) is 0 Å². The molecule has 0 aliphatic carbocycles. The number of hydrogen-bond donors (Lipinski definition) is 1. The van der Waals surface area contributed by atoms with E-state index in [1.807, 2.05) is 19.1 Å². The number of aliphatic hydroxyl groups is 1. The zero-order valence-electron chi connectivity index (χ0n) is 6.29. The summed E-state index contributed by atoms with van der Waals surface area (Å²) in [5, 5.41) is 9.93. The topological polar surface area (TPSA) is 33.1 Å². The largest absolute Gasteiger partial charge is 0.386 e. The Bertz CT molecular complexity index is 239. The fourth-order valence-corrected chi connectivity index (χ4v) is 1.23. The molecule has 0 saturated carbocycles. The SMILES string of the molecule is Cc1cccnc1[C@@H](O)CBr. The Hall–Kier alpha value is -0.410. The summed E-state index contributed by atoms with van der Waals surface area (Å²) >= 11 is 3.20. The van der Waals surface area contributed by atoms with E-state index in [2.05, 4.69) is 20.9 Å². The predicted octanol–water partition coefficient (Wildman–Crippen LogP) is 1.82. The minimum Gasteiger partial charge on any atom is -0.386 e. The van der Waals surface area contributed by atoms with Crippen LogP contribution in [0.4, 0.5) is 0 Å². The molecule has 0 saturated heterocycles. The molecule has 0 aromatic carbocycles. The summed E-state index contributed by atoms with van der Waals surface area (Å²) in [5.41, 5.74) is 1.78. The van der Waals surface area contributed by atoms with Gasteiger partial charge in [0.15, 0.2) is 0 Å². The smallest absolute Gasteiger partial charge is 0.106 e. The van der Waals surface area contributed by atoms with Crippen molar-refractivity contribution in [2.75, 3.05) is 5.33 Å². The van der Waals surface area contributed by atoms with Crippen LogP contribution in [0.5, 0.6) is 0 Å². The Labute approximate surface area is 74.4 Å². The third kappa shape index (κ3) is 2.01. The molecule has 0 amide bonds. The minimum absolute atomic E-state index is 0.490. The maximum atomic E-state index is 9.40. The van der Waals surface area contributed by atoms with Crippen molar-refractivity contribution in [3.8, 4) is 0 Å². The molecule has 11 heavy (non-hydrogen) atoms. The van der Waals surface area contributed by atoms with Gasteiger partial charge in [0.05, 0.1) is 5.69 Å². The van der Waals surface area contributed by atoms with Gasteiger partial charge in [-0.15, -0.1) is 0 Å². The van der Waals surface area contributed by atoms with Crippen LogP contribution in [-0.2, 0) is 0 Å². The van der Waals surface area contributed by atoms with Gasteiger partial charge in [-0.25, -0.2) is 0 Å². The van der Waals surface area contributed by atoms with Crippen LogP contribution in [0.3, 0.4) is 0 Å². The lowest BCUT2D eigenvalue weighted by Gasteiger charge is -2.07. The second-order valence-electron chi connectivity index (χ2n) is 2.38. The third-order valence-corrected chi connectivity index (χ3v) is 2.13. The maximum absolute atomic E-state index is 9.40. The standard InChI is InChI=1S/C8H10BrNO/c1-6-3-2-4-10-8(6)7(11)5-9/h2-4,7,11H,5H2,1H3/t7-/m0/s1. The molecule has 1 heterocycles. The van der Waals surface area contributed by atoms with E-state index < -0.39 is 6.10 Å². The zero-order valence-corrected chi connectivity index (χ0v) is 7.87. The van der Waals surface area contributed by atoms with E-state index in [0.717, 1.165) is 11.3 Å². The molecule has 1 N–H and O–H groups in total. The molecule has 0 bridgehead atoms. The van der Waals surface area contributed by atoms with Crippen molar-refractivity contribution in [1.82, 2.24) is 4.98 Å². The summed E-state index contributed by atoms with van der Waals surface area (Å²) in [4.78, 5) is 4.07. The van der Waals surface area contributed by atoms with Crippen LogP contribution in [0, 0.1) is 6.92 Å². The molecule has 0 unspecified atom stereocenters. The van der Waals surface area contributed by atoms with Crippen LogP contribution >= 0.6 is 15.9 Å². The number of aryl methyl sites for hydroxylation is 1. The van der Waals surface area contributed by atoms with Gasteiger partial charge >= 0.3 is 0 Å². The number of alkyl halides is 1. The number of aliphatic hydroxyl groups excluding tert-OH is 1. The molecule has 1 aromatic rings. The molecule has 0 spiro atoms. The van der Waals surface area contributed by atoms with Crippen LogP contribution in [-0.4, -0.2) is 15.4 Å². The van der Waals surface area contributed by atoms with E-state index >= 15 is 0 Å². The predicted molar refractivity (Wildman–Crippen MR) is 47.7 cm³/mol. The highest BCUT2D eigenvalue weighted by Gasteiger charge is 2.08. The highest BCUT2D eigenvalue weighted by atomic mass is 79.9. The van der Waals surface area contributed by atoms with Crippen LogP contribution in [0.15, 0.2) is 18.3 Å². The van der Waals surface area contributed by atoms with Crippen LogP contribution in [0.2, 0.25) is 0 Å². The first-order valence-corrected chi connectivity index (χ1v) is 4.53. The molecule has 2 nitrogen and oxygen atoms in total. The van der Waals surface area contributed by atoms with Crippen molar-refractivity contribution in [2.24, 2.45) is 0 Å². The van der Waals surface area contributed by atoms with Crippen molar-refractivity contribution >= 4 is 15.9 Å². The lowest BCUT2D eigenvalue weighted by atomic mass is 10.1. The molecule has 60 valence electrons. The van der Waals surface area contributed by atoms with Crippen LogP contribution in [0.25, 0.3) is 0 Å². The van der Waals surface area contributed by atoms with E-state index in [-0.39, 0.29) is 0 Å². The Morgan fingerprint density at radius 3 is 3.00 bits per heavy atom. The Kier molecular flexibility index (Phi) is 3.02. The van der Waals surface area contributed by atoms with Gasteiger partial charge in [0.25, 0.3) is 0 Å². The quantitative estimate of drug-likeness (QED) is 0.765. The van der Waals surface area contributed by atoms with Crippen molar-refractivity contribution in [2.45, 2.75) is 13.0 Å². The zero-order chi connectivity index (χ0) is 8.27. The van der Waals surface area contributed by atoms with E-state index in [0.29, 0.717) is 5.33 Å².